The lowest BCUT2D eigenvalue weighted by atomic mass is 9.37. The summed E-state index contributed by atoms with van der Waals surface area (Å²) in [6.45, 7) is 24.1. The standard InChI is InChI=1S/C38H64O4/c1-24(2)16-21-42-35(6,7)22-33(40)41-23-38-19-12-27(25(3)4)34(38)28-10-11-32-36(8)18-15-31(39)26(5)29(36)13-17-37(32,9)30(28)14-20-38/h24,26-32,34,39H,3,10-23H2,1-2,4-9H3/t26-,27?,28?,29?,30?,31+,32?,34?,36+,37+,38-/m1/s1. The van der Waals surface area contributed by atoms with Gasteiger partial charge >= 0.3 is 5.97 Å². The Kier molecular flexibility index (Phi) is 9.14. The number of ether oxygens (including phenoxy) is 2. The summed E-state index contributed by atoms with van der Waals surface area (Å²) >= 11 is 0. The van der Waals surface area contributed by atoms with Crippen LogP contribution in [-0.4, -0.2) is 36.0 Å². The highest BCUT2D eigenvalue weighted by Crippen LogP contribution is 2.72. The van der Waals surface area contributed by atoms with Crippen LogP contribution in [0.3, 0.4) is 0 Å². The number of carbonyl (C=O) groups excluding carboxylic acids is 1. The van der Waals surface area contributed by atoms with Gasteiger partial charge in [0.05, 0.1) is 24.7 Å². The maximum Gasteiger partial charge on any atom is 0.308 e. The number of hydrogen-bond donors (Lipinski definition) is 1. The van der Waals surface area contributed by atoms with Crippen LogP contribution in [0.5, 0.6) is 0 Å². The van der Waals surface area contributed by atoms with Crippen molar-refractivity contribution < 1.29 is 19.4 Å². The number of allylic oxidation sites excluding steroid dienone is 1. The Bertz CT molecular complexity index is 1000. The molecule has 5 aliphatic rings. The Balaban J connectivity index is 1.32. The monoisotopic (exact) mass is 584 g/mol. The van der Waals surface area contributed by atoms with Crippen molar-refractivity contribution in [2.45, 2.75) is 144 Å². The van der Waals surface area contributed by atoms with E-state index in [0.717, 1.165) is 31.1 Å². The summed E-state index contributed by atoms with van der Waals surface area (Å²) in [7, 11) is 0. The smallest absolute Gasteiger partial charge is 0.308 e. The van der Waals surface area contributed by atoms with Crippen LogP contribution < -0.4 is 0 Å². The van der Waals surface area contributed by atoms with Crippen LogP contribution in [0.15, 0.2) is 12.2 Å². The van der Waals surface area contributed by atoms with Crippen LogP contribution in [0.25, 0.3) is 0 Å². The third kappa shape index (κ3) is 5.67. The number of hydrogen-bond acceptors (Lipinski definition) is 4. The zero-order valence-electron chi connectivity index (χ0n) is 28.5. The van der Waals surface area contributed by atoms with Gasteiger partial charge in [-0.15, -0.1) is 0 Å². The summed E-state index contributed by atoms with van der Waals surface area (Å²) in [6.07, 6.45) is 13.4. The summed E-state index contributed by atoms with van der Waals surface area (Å²) < 4.78 is 12.3. The molecule has 5 aliphatic carbocycles. The van der Waals surface area contributed by atoms with E-state index in [1.807, 2.05) is 13.8 Å². The molecule has 11 atom stereocenters. The fourth-order valence-electron chi connectivity index (χ4n) is 12.1. The fraction of sp³-hybridized carbons (Fsp3) is 0.921. The number of rotatable bonds is 9. The molecule has 0 aromatic heterocycles. The molecule has 42 heavy (non-hydrogen) atoms. The average molecular weight is 585 g/mol. The van der Waals surface area contributed by atoms with Gasteiger partial charge in [0.25, 0.3) is 0 Å². The summed E-state index contributed by atoms with van der Waals surface area (Å²) in [4.78, 5) is 13.2. The first-order valence-corrected chi connectivity index (χ1v) is 17.8. The lowest BCUT2D eigenvalue weighted by molar-refractivity contribution is -0.201. The number of esters is 1. The first-order valence-electron chi connectivity index (χ1n) is 17.8. The highest BCUT2D eigenvalue weighted by Gasteiger charge is 2.66. The van der Waals surface area contributed by atoms with Gasteiger partial charge in [-0.25, -0.2) is 0 Å². The Hall–Kier alpha value is -0.870. The van der Waals surface area contributed by atoms with Crippen molar-refractivity contribution in [3.8, 4) is 0 Å². The van der Waals surface area contributed by atoms with E-state index in [0.29, 0.717) is 66.0 Å². The molecule has 0 radical (unpaired) electrons. The first kappa shape index (κ1) is 32.5. The molecule has 0 heterocycles. The molecule has 0 amide bonds. The number of fused-ring (bicyclic) bond motifs is 7. The highest BCUT2D eigenvalue weighted by atomic mass is 16.5. The fourth-order valence-corrected chi connectivity index (χ4v) is 12.1. The molecule has 4 heteroatoms. The Labute approximate surface area is 258 Å². The van der Waals surface area contributed by atoms with Gasteiger partial charge < -0.3 is 14.6 Å². The maximum atomic E-state index is 13.2. The van der Waals surface area contributed by atoms with Crippen molar-refractivity contribution in [2.24, 2.45) is 63.6 Å². The van der Waals surface area contributed by atoms with Gasteiger partial charge in [-0.2, -0.15) is 0 Å². The molecule has 5 fully saturated rings. The van der Waals surface area contributed by atoms with E-state index in [1.165, 1.54) is 56.9 Å². The predicted molar refractivity (Wildman–Crippen MR) is 171 cm³/mol. The predicted octanol–water partition coefficient (Wildman–Crippen LogP) is 9.00. The van der Waals surface area contributed by atoms with Crippen LogP contribution in [0, 0.1) is 63.6 Å². The minimum absolute atomic E-state index is 0.0941. The molecule has 5 saturated carbocycles. The second-order valence-electron chi connectivity index (χ2n) is 17.6. The summed E-state index contributed by atoms with van der Waals surface area (Å²) in [5.74, 6) is 4.90. The van der Waals surface area contributed by atoms with Crippen LogP contribution >= 0.6 is 0 Å². The summed E-state index contributed by atoms with van der Waals surface area (Å²) in [5.41, 5.74) is 1.67. The molecular weight excluding hydrogens is 520 g/mol. The second-order valence-corrected chi connectivity index (χ2v) is 17.6. The normalized spacial score (nSPS) is 45.0. The lowest BCUT2D eigenvalue weighted by Gasteiger charge is -2.68. The minimum Gasteiger partial charge on any atom is -0.465 e. The van der Waals surface area contributed by atoms with Gasteiger partial charge in [-0.05, 0) is 150 Å². The zero-order valence-corrected chi connectivity index (χ0v) is 28.5. The summed E-state index contributed by atoms with van der Waals surface area (Å²) in [5, 5.41) is 10.7. The third-order valence-electron chi connectivity index (χ3n) is 14.2. The highest BCUT2D eigenvalue weighted by molar-refractivity contribution is 5.70. The maximum absolute atomic E-state index is 13.2. The van der Waals surface area contributed by atoms with Crippen molar-refractivity contribution in [3.05, 3.63) is 12.2 Å². The molecule has 0 spiro atoms. The number of aliphatic hydroxyl groups is 1. The van der Waals surface area contributed by atoms with Crippen LogP contribution in [0.2, 0.25) is 0 Å². The van der Waals surface area contributed by atoms with E-state index in [-0.39, 0.29) is 17.5 Å². The second kappa shape index (κ2) is 11.8. The van der Waals surface area contributed by atoms with Gasteiger partial charge in [0.1, 0.15) is 0 Å². The molecule has 0 aliphatic heterocycles. The van der Waals surface area contributed by atoms with E-state index < -0.39 is 5.60 Å². The van der Waals surface area contributed by atoms with Crippen molar-refractivity contribution >= 4 is 5.97 Å². The van der Waals surface area contributed by atoms with Gasteiger partial charge in [0.2, 0.25) is 0 Å². The number of carbonyl (C=O) groups is 1. The molecule has 0 aromatic rings. The minimum atomic E-state index is -0.495. The van der Waals surface area contributed by atoms with Crippen LogP contribution in [0.4, 0.5) is 0 Å². The lowest BCUT2D eigenvalue weighted by Crippen LogP contribution is -2.61. The average Bonchev–Trinajstić information content (AvgIpc) is 3.30. The van der Waals surface area contributed by atoms with Gasteiger partial charge in [0, 0.05) is 12.0 Å². The largest absolute Gasteiger partial charge is 0.465 e. The topological polar surface area (TPSA) is 55.8 Å². The van der Waals surface area contributed by atoms with Gasteiger partial charge in [-0.3, -0.25) is 4.79 Å². The third-order valence-corrected chi connectivity index (χ3v) is 14.2. The van der Waals surface area contributed by atoms with Crippen molar-refractivity contribution in [2.75, 3.05) is 13.2 Å². The Morgan fingerprint density at radius 1 is 0.976 bits per heavy atom. The Morgan fingerprint density at radius 3 is 2.31 bits per heavy atom. The Morgan fingerprint density at radius 2 is 1.62 bits per heavy atom. The molecule has 240 valence electrons. The van der Waals surface area contributed by atoms with E-state index in [4.69, 9.17) is 9.47 Å². The molecule has 4 nitrogen and oxygen atoms in total. The summed E-state index contributed by atoms with van der Waals surface area (Å²) in [6, 6.07) is 0. The molecular formula is C38H64O4. The molecule has 0 aromatic carbocycles. The molecule has 1 N–H and O–H groups in total. The first-order chi connectivity index (χ1) is 19.6. The van der Waals surface area contributed by atoms with Crippen molar-refractivity contribution in [1.29, 1.82) is 0 Å². The van der Waals surface area contributed by atoms with Crippen molar-refractivity contribution in [1.82, 2.24) is 0 Å². The quantitative estimate of drug-likeness (QED) is 0.217. The molecule has 0 bridgehead atoms. The molecule has 0 saturated heterocycles. The van der Waals surface area contributed by atoms with Gasteiger partial charge in [0.15, 0.2) is 0 Å². The molecule has 5 rings (SSSR count). The van der Waals surface area contributed by atoms with Crippen molar-refractivity contribution in [3.63, 3.8) is 0 Å². The van der Waals surface area contributed by atoms with Crippen LogP contribution in [-0.2, 0) is 14.3 Å². The molecule has 6 unspecified atom stereocenters. The van der Waals surface area contributed by atoms with E-state index in [1.54, 1.807) is 0 Å². The zero-order chi connectivity index (χ0) is 30.7. The van der Waals surface area contributed by atoms with Crippen LogP contribution in [0.1, 0.15) is 132 Å². The van der Waals surface area contributed by atoms with E-state index in [9.17, 15) is 9.90 Å². The number of aliphatic hydroxyl groups excluding tert-OH is 1. The van der Waals surface area contributed by atoms with Gasteiger partial charge in [-0.1, -0.05) is 46.8 Å². The van der Waals surface area contributed by atoms with E-state index >= 15 is 0 Å². The van der Waals surface area contributed by atoms with E-state index in [2.05, 4.69) is 48.1 Å². The SMILES string of the molecule is C=C(C)C1CC[C@]2(COC(=O)CC(C)(C)OCCC(C)C)CCC3C(CCC4[C@@]3(C)CCC3[C@@H](C)[C@@H](O)CC[C@@]34C)C12.